The monoisotopic (exact) mass is 805 g/mol. The van der Waals surface area contributed by atoms with Crippen LogP contribution in [0, 0.1) is 17.6 Å². The maximum Gasteiger partial charge on any atom is 0.245 e. The van der Waals surface area contributed by atoms with Crippen molar-refractivity contribution in [1.82, 2.24) is 35.7 Å². The Balaban J connectivity index is 1.40. The smallest absolute Gasteiger partial charge is 0.245 e. The molecule has 15 heteroatoms. The molecule has 2 aliphatic heterocycles. The lowest BCUT2D eigenvalue weighted by Crippen LogP contribution is -2.53. The lowest BCUT2D eigenvalue weighted by atomic mass is 9.94. The molecule has 0 bridgehead atoms. The SMILES string of the molecule is CC[C@@H](C)C(=O)N[C@@H](CC)C(=O)N1C[C@@H](O)C[C@H]1Cc1c(-c2[nH]c3cc(F)ccc3c2C[C@@H]2C[C@H](O)CN2C(=O)[C@H](CC)NC(=O)[C@H](C)NC)[nH]c2cc(F)ccc12. The van der Waals surface area contributed by atoms with Gasteiger partial charge >= 0.3 is 0 Å². The van der Waals surface area contributed by atoms with E-state index >= 15 is 0 Å². The highest BCUT2D eigenvalue weighted by molar-refractivity contribution is 5.97. The lowest BCUT2D eigenvalue weighted by molar-refractivity contribution is -0.138. The third-order valence-electron chi connectivity index (χ3n) is 12.1. The number of aromatic amines is 2. The van der Waals surface area contributed by atoms with E-state index < -0.39 is 54.1 Å². The topological polar surface area (TPSA) is 183 Å². The number of carbonyl (C=O) groups is 4. The predicted octanol–water partition coefficient (Wildman–Crippen LogP) is 4.05. The Morgan fingerprint density at radius 3 is 1.55 bits per heavy atom. The Morgan fingerprint density at radius 1 is 0.724 bits per heavy atom. The fraction of sp³-hybridized carbons (Fsp3) is 0.535. The highest BCUT2D eigenvalue weighted by atomic mass is 19.1. The van der Waals surface area contributed by atoms with Crippen molar-refractivity contribution >= 4 is 45.4 Å². The molecule has 0 radical (unpaired) electrons. The molecule has 0 spiro atoms. The molecule has 7 N–H and O–H groups in total. The van der Waals surface area contributed by atoms with Gasteiger partial charge in [-0.2, -0.15) is 0 Å². The second kappa shape index (κ2) is 18.0. The summed E-state index contributed by atoms with van der Waals surface area (Å²) in [6.45, 7) is 9.21. The van der Waals surface area contributed by atoms with Crippen molar-refractivity contribution in [3.63, 3.8) is 0 Å². The highest BCUT2D eigenvalue weighted by Gasteiger charge is 2.41. The van der Waals surface area contributed by atoms with Crippen LogP contribution in [0.1, 0.15) is 77.8 Å². The number of benzene rings is 2. The molecule has 0 saturated carbocycles. The number of rotatable bonds is 15. The summed E-state index contributed by atoms with van der Waals surface area (Å²) in [5, 5.41) is 31.9. The zero-order chi connectivity index (χ0) is 42.0. The largest absolute Gasteiger partial charge is 0.391 e. The Kier molecular flexibility index (Phi) is 13.2. The van der Waals surface area contributed by atoms with Crippen LogP contribution in [0.2, 0.25) is 0 Å². The molecule has 6 rings (SSSR count). The number of amides is 4. The summed E-state index contributed by atoms with van der Waals surface area (Å²) in [4.78, 5) is 63.8. The minimum absolute atomic E-state index is 0.0745. The van der Waals surface area contributed by atoms with Crippen molar-refractivity contribution in [2.75, 3.05) is 20.1 Å². The number of aromatic nitrogens is 2. The number of nitrogens with zero attached hydrogens (tertiary/aromatic N) is 2. The van der Waals surface area contributed by atoms with Gasteiger partial charge in [-0.3, -0.25) is 19.2 Å². The summed E-state index contributed by atoms with van der Waals surface area (Å²) in [5.74, 6) is -2.33. The van der Waals surface area contributed by atoms with E-state index in [-0.39, 0.29) is 68.3 Å². The van der Waals surface area contributed by atoms with Gasteiger partial charge in [0, 0.05) is 52.9 Å². The van der Waals surface area contributed by atoms with Crippen LogP contribution in [0.3, 0.4) is 0 Å². The molecule has 2 aromatic carbocycles. The van der Waals surface area contributed by atoms with Gasteiger partial charge in [-0.15, -0.1) is 0 Å². The molecule has 4 aromatic rings. The van der Waals surface area contributed by atoms with Gasteiger partial charge in [-0.05, 0) is 106 Å². The average Bonchev–Trinajstić information content (AvgIpc) is 3.96. The lowest BCUT2D eigenvalue weighted by Gasteiger charge is -2.30. The molecule has 0 unspecified atom stereocenters. The molecular weight excluding hydrogens is 749 g/mol. The number of β-amino-alcohol motifs (C(OH)–C–C–N with tert-alkyl or cyclic N) is 2. The summed E-state index contributed by atoms with van der Waals surface area (Å²) >= 11 is 0. The van der Waals surface area contributed by atoms with E-state index in [2.05, 4.69) is 25.9 Å². The molecule has 2 fully saturated rings. The summed E-state index contributed by atoms with van der Waals surface area (Å²) in [5.41, 5.74) is 3.62. The van der Waals surface area contributed by atoms with Gasteiger partial charge in [-0.25, -0.2) is 8.78 Å². The Hall–Kier alpha value is -4.86. The fourth-order valence-corrected chi connectivity index (χ4v) is 8.49. The number of nitrogens with one attached hydrogen (secondary N) is 5. The number of hydrogen-bond acceptors (Lipinski definition) is 7. The van der Waals surface area contributed by atoms with Crippen molar-refractivity contribution in [2.45, 2.75) is 122 Å². The molecule has 58 heavy (non-hydrogen) atoms. The summed E-state index contributed by atoms with van der Waals surface area (Å²) in [6.07, 6.45) is 0.776. The number of H-pyrrole nitrogens is 2. The Bertz CT molecular complexity index is 2000. The van der Waals surface area contributed by atoms with Crippen LogP contribution in [-0.2, 0) is 32.0 Å². The Labute approximate surface area is 337 Å². The van der Waals surface area contributed by atoms with Gasteiger partial charge in [0.25, 0.3) is 0 Å². The molecule has 8 atom stereocenters. The summed E-state index contributed by atoms with van der Waals surface area (Å²) < 4.78 is 29.6. The summed E-state index contributed by atoms with van der Waals surface area (Å²) in [6, 6.07) is 5.75. The van der Waals surface area contributed by atoms with Crippen molar-refractivity contribution in [1.29, 1.82) is 0 Å². The molecule has 2 saturated heterocycles. The zero-order valence-electron chi connectivity index (χ0n) is 34.1. The molecule has 2 aromatic heterocycles. The van der Waals surface area contributed by atoms with Crippen LogP contribution in [0.25, 0.3) is 33.2 Å². The average molecular weight is 806 g/mol. The first kappa shape index (κ1) is 42.7. The Morgan fingerprint density at radius 2 is 1.16 bits per heavy atom. The quantitative estimate of drug-likeness (QED) is 0.0947. The third-order valence-corrected chi connectivity index (χ3v) is 12.1. The van der Waals surface area contributed by atoms with E-state index in [4.69, 9.17) is 0 Å². The molecule has 4 heterocycles. The first-order valence-electron chi connectivity index (χ1n) is 20.5. The number of halogens is 2. The van der Waals surface area contributed by atoms with Gasteiger partial charge in [0.05, 0.1) is 29.6 Å². The standard InChI is InChI=1S/C43H57F2N7O6/c1-7-22(4)40(55)49-34(8-2)42(57)51-20-28(53)16-26(51)18-32-30-12-10-24(44)14-36(30)47-38(32)39-33(31-13-11-25(45)15-37(31)48-39)19-27-17-29(54)21-52(27)43(58)35(9-3)50-41(56)23(5)46-6/h10-15,22-23,26-29,34-35,46-48,53-54H,7-9,16-21H2,1-6H3,(H,49,55)(H,50,56)/t22-,23+,26+,27+,28+,29+,34+,35+/m1/s1. The first-order valence-corrected chi connectivity index (χ1v) is 20.5. The van der Waals surface area contributed by atoms with Crippen LogP contribution in [-0.4, -0.2) is 116 Å². The third kappa shape index (κ3) is 8.76. The van der Waals surface area contributed by atoms with E-state index in [1.807, 2.05) is 20.8 Å². The van der Waals surface area contributed by atoms with Gasteiger partial charge in [0.15, 0.2) is 0 Å². The maximum absolute atomic E-state index is 14.8. The molecule has 2 aliphatic rings. The van der Waals surface area contributed by atoms with Gasteiger partial charge in [0.2, 0.25) is 23.6 Å². The van der Waals surface area contributed by atoms with Gasteiger partial charge < -0.3 is 45.9 Å². The van der Waals surface area contributed by atoms with Crippen LogP contribution in [0.5, 0.6) is 0 Å². The molecule has 13 nitrogen and oxygen atoms in total. The van der Waals surface area contributed by atoms with E-state index in [0.717, 1.165) is 11.1 Å². The number of hydrogen-bond donors (Lipinski definition) is 7. The van der Waals surface area contributed by atoms with Crippen LogP contribution in [0.15, 0.2) is 36.4 Å². The van der Waals surface area contributed by atoms with Crippen LogP contribution in [0.4, 0.5) is 8.78 Å². The van der Waals surface area contributed by atoms with Crippen LogP contribution >= 0.6 is 0 Å². The maximum atomic E-state index is 14.8. The number of aliphatic hydroxyl groups excluding tert-OH is 2. The fourth-order valence-electron chi connectivity index (χ4n) is 8.49. The molecule has 4 amide bonds. The number of likely N-dealkylation sites (tertiary alicyclic amines) is 2. The molecule has 314 valence electrons. The van der Waals surface area contributed by atoms with E-state index in [1.54, 1.807) is 42.8 Å². The predicted molar refractivity (Wildman–Crippen MR) is 218 cm³/mol. The number of aliphatic hydroxyl groups is 2. The number of carbonyl (C=O) groups excluding carboxylic acids is 4. The highest BCUT2D eigenvalue weighted by Crippen LogP contribution is 2.40. The van der Waals surface area contributed by atoms with E-state index in [9.17, 15) is 38.2 Å². The van der Waals surface area contributed by atoms with Crippen molar-refractivity contribution in [2.24, 2.45) is 5.92 Å². The number of fused-ring (bicyclic) bond motifs is 2. The van der Waals surface area contributed by atoms with E-state index in [1.165, 1.54) is 24.3 Å². The van der Waals surface area contributed by atoms with Crippen molar-refractivity contribution in [3.05, 3.63) is 59.2 Å². The minimum atomic E-state index is -0.814. The molecule has 0 aliphatic carbocycles. The second-order valence-electron chi connectivity index (χ2n) is 16.1. The van der Waals surface area contributed by atoms with Crippen LogP contribution < -0.4 is 16.0 Å². The normalized spacial score (nSPS) is 21.7. The minimum Gasteiger partial charge on any atom is -0.391 e. The van der Waals surface area contributed by atoms with Crippen molar-refractivity contribution < 1.29 is 38.2 Å². The zero-order valence-corrected chi connectivity index (χ0v) is 34.1. The second-order valence-corrected chi connectivity index (χ2v) is 16.1. The van der Waals surface area contributed by atoms with E-state index in [0.29, 0.717) is 52.5 Å². The summed E-state index contributed by atoms with van der Waals surface area (Å²) in [7, 11) is 1.66. The first-order chi connectivity index (χ1) is 27.7. The van der Waals surface area contributed by atoms with Gasteiger partial charge in [-0.1, -0.05) is 27.7 Å². The van der Waals surface area contributed by atoms with Crippen molar-refractivity contribution in [3.8, 4) is 11.4 Å². The number of likely N-dealkylation sites (N-methyl/N-ethyl adjacent to an activating group) is 1. The molecular formula is C43H57F2N7O6. The van der Waals surface area contributed by atoms with Gasteiger partial charge in [0.1, 0.15) is 23.7 Å².